The van der Waals surface area contributed by atoms with Crippen molar-refractivity contribution in [3.8, 4) is 11.9 Å². The number of aromatic nitrogens is 3. The summed E-state index contributed by atoms with van der Waals surface area (Å²) in [5.74, 6) is 0.680. The van der Waals surface area contributed by atoms with Gasteiger partial charge in [-0.25, -0.2) is 9.67 Å². The number of hydrogen-bond donors (Lipinski definition) is 0. The van der Waals surface area contributed by atoms with E-state index in [9.17, 15) is 0 Å². The molecule has 0 aromatic carbocycles. The van der Waals surface area contributed by atoms with Gasteiger partial charge in [0.25, 0.3) is 0 Å². The van der Waals surface area contributed by atoms with Gasteiger partial charge in [-0.15, -0.1) is 0 Å². The van der Waals surface area contributed by atoms with Crippen LogP contribution in [-0.4, -0.2) is 14.8 Å². The first-order valence-corrected chi connectivity index (χ1v) is 4.61. The van der Waals surface area contributed by atoms with Crippen molar-refractivity contribution in [3.63, 3.8) is 0 Å². The minimum Gasteiger partial charge on any atom is -0.220 e. The Bertz CT molecular complexity index is 534. The van der Waals surface area contributed by atoms with Gasteiger partial charge >= 0.3 is 0 Å². The van der Waals surface area contributed by atoms with Crippen molar-refractivity contribution >= 4 is 0 Å². The number of nitriles is 1. The third-order valence-electron chi connectivity index (χ3n) is 2.08. The van der Waals surface area contributed by atoms with Gasteiger partial charge in [-0.2, -0.15) is 10.4 Å². The third-order valence-corrected chi connectivity index (χ3v) is 2.08. The summed E-state index contributed by atoms with van der Waals surface area (Å²) >= 11 is 0. The maximum atomic E-state index is 8.74. The predicted octanol–water partition coefficient (Wildman–Crippen LogP) is 1.76. The molecule has 0 aliphatic heterocycles. The van der Waals surface area contributed by atoms with E-state index < -0.39 is 0 Å². The van der Waals surface area contributed by atoms with Gasteiger partial charge in [0.1, 0.15) is 11.8 Å². The zero-order valence-corrected chi connectivity index (χ0v) is 8.60. The van der Waals surface area contributed by atoms with Crippen LogP contribution < -0.4 is 0 Å². The first-order valence-electron chi connectivity index (χ1n) is 4.61. The number of hydrogen-bond acceptors (Lipinski definition) is 3. The minimum atomic E-state index is 0.403. The van der Waals surface area contributed by atoms with E-state index in [1.807, 2.05) is 32.0 Å². The van der Waals surface area contributed by atoms with E-state index in [2.05, 4.69) is 10.1 Å². The Labute approximate surface area is 87.8 Å². The van der Waals surface area contributed by atoms with E-state index in [1.165, 1.54) is 0 Å². The van der Waals surface area contributed by atoms with Crippen LogP contribution in [0.15, 0.2) is 24.3 Å². The minimum absolute atomic E-state index is 0.403. The highest BCUT2D eigenvalue weighted by molar-refractivity contribution is 5.31. The molecular weight excluding hydrogens is 188 g/mol. The second-order valence-electron chi connectivity index (χ2n) is 3.33. The Morgan fingerprint density at radius 3 is 2.73 bits per heavy atom. The molecule has 4 heteroatoms. The van der Waals surface area contributed by atoms with Crippen molar-refractivity contribution in [2.75, 3.05) is 0 Å². The van der Waals surface area contributed by atoms with Gasteiger partial charge in [0.2, 0.25) is 0 Å². The van der Waals surface area contributed by atoms with Crippen LogP contribution in [0.4, 0.5) is 0 Å². The zero-order valence-electron chi connectivity index (χ0n) is 8.60. The average molecular weight is 198 g/mol. The van der Waals surface area contributed by atoms with Gasteiger partial charge in [-0.05, 0) is 32.0 Å². The maximum Gasteiger partial charge on any atom is 0.155 e. The summed E-state index contributed by atoms with van der Waals surface area (Å²) in [4.78, 5) is 4.18. The zero-order chi connectivity index (χ0) is 10.8. The van der Waals surface area contributed by atoms with Crippen molar-refractivity contribution in [1.29, 1.82) is 5.26 Å². The quantitative estimate of drug-likeness (QED) is 0.701. The summed E-state index contributed by atoms with van der Waals surface area (Å²) in [6.07, 6.45) is 0. The highest BCUT2D eigenvalue weighted by Gasteiger charge is 2.04. The molecule has 74 valence electrons. The Kier molecular flexibility index (Phi) is 2.22. The topological polar surface area (TPSA) is 54.5 Å². The van der Waals surface area contributed by atoms with Gasteiger partial charge < -0.3 is 0 Å². The van der Waals surface area contributed by atoms with E-state index in [4.69, 9.17) is 5.26 Å². The molecule has 0 radical (unpaired) electrons. The molecule has 0 saturated carbocycles. The van der Waals surface area contributed by atoms with Crippen molar-refractivity contribution in [3.05, 3.63) is 41.3 Å². The standard InChI is InChI=1S/C11H10N4/c1-8-6-9(2)15(14-8)11-5-3-4-10(7-12)13-11/h3-6H,1-2H3. The summed E-state index contributed by atoms with van der Waals surface area (Å²) in [5.41, 5.74) is 2.35. The number of aryl methyl sites for hydroxylation is 2. The van der Waals surface area contributed by atoms with Crippen molar-refractivity contribution < 1.29 is 0 Å². The van der Waals surface area contributed by atoms with E-state index in [0.717, 1.165) is 11.4 Å². The molecule has 0 saturated heterocycles. The van der Waals surface area contributed by atoms with Crippen molar-refractivity contribution in [2.24, 2.45) is 0 Å². The molecule has 0 unspecified atom stereocenters. The van der Waals surface area contributed by atoms with E-state index >= 15 is 0 Å². The second-order valence-corrected chi connectivity index (χ2v) is 3.33. The fraction of sp³-hybridized carbons (Fsp3) is 0.182. The lowest BCUT2D eigenvalue weighted by molar-refractivity contribution is 0.804. The van der Waals surface area contributed by atoms with Crippen molar-refractivity contribution in [1.82, 2.24) is 14.8 Å². The Hall–Kier alpha value is -2.15. The average Bonchev–Trinajstić information content (AvgIpc) is 2.58. The van der Waals surface area contributed by atoms with Crippen LogP contribution in [0.1, 0.15) is 17.1 Å². The molecule has 4 nitrogen and oxygen atoms in total. The number of pyridine rings is 1. The molecule has 0 amide bonds. The molecular formula is C11H10N4. The monoisotopic (exact) mass is 198 g/mol. The first-order chi connectivity index (χ1) is 7.20. The smallest absolute Gasteiger partial charge is 0.155 e. The molecule has 0 atom stereocenters. The largest absolute Gasteiger partial charge is 0.220 e. The molecule has 2 rings (SSSR count). The van der Waals surface area contributed by atoms with Crippen LogP contribution in [0.2, 0.25) is 0 Å². The van der Waals surface area contributed by atoms with E-state index in [0.29, 0.717) is 11.5 Å². The molecule has 0 aliphatic rings. The fourth-order valence-corrected chi connectivity index (χ4v) is 1.46. The highest BCUT2D eigenvalue weighted by Crippen LogP contribution is 2.09. The Morgan fingerprint density at radius 2 is 2.13 bits per heavy atom. The lowest BCUT2D eigenvalue weighted by Gasteiger charge is -2.02. The number of rotatable bonds is 1. The van der Waals surface area contributed by atoms with Gasteiger partial charge in [0.05, 0.1) is 5.69 Å². The van der Waals surface area contributed by atoms with Crippen LogP contribution in [-0.2, 0) is 0 Å². The summed E-state index contributed by atoms with van der Waals surface area (Å²) < 4.78 is 1.73. The van der Waals surface area contributed by atoms with E-state index in [1.54, 1.807) is 16.8 Å². The SMILES string of the molecule is Cc1cc(C)n(-c2cccc(C#N)n2)n1. The van der Waals surface area contributed by atoms with Crippen LogP contribution in [0.3, 0.4) is 0 Å². The summed E-state index contributed by atoms with van der Waals surface area (Å²) in [6, 6.07) is 9.30. The van der Waals surface area contributed by atoms with Gasteiger partial charge in [0, 0.05) is 5.69 Å². The lowest BCUT2D eigenvalue weighted by Crippen LogP contribution is -2.02. The normalized spacial score (nSPS) is 9.93. The first kappa shape index (κ1) is 9.41. The molecule has 0 spiro atoms. The molecule has 2 aromatic heterocycles. The van der Waals surface area contributed by atoms with Gasteiger partial charge in [-0.1, -0.05) is 6.07 Å². The molecule has 2 heterocycles. The predicted molar refractivity (Wildman–Crippen MR) is 55.5 cm³/mol. The molecule has 0 aliphatic carbocycles. The maximum absolute atomic E-state index is 8.74. The molecule has 0 fully saturated rings. The van der Waals surface area contributed by atoms with E-state index in [-0.39, 0.29) is 0 Å². The second kappa shape index (κ2) is 3.54. The lowest BCUT2D eigenvalue weighted by atomic mass is 10.3. The summed E-state index contributed by atoms with van der Waals surface area (Å²) in [6.45, 7) is 3.89. The highest BCUT2D eigenvalue weighted by atomic mass is 15.3. The summed E-state index contributed by atoms with van der Waals surface area (Å²) in [5, 5.41) is 13.0. The van der Waals surface area contributed by atoms with Crippen LogP contribution in [0.5, 0.6) is 0 Å². The van der Waals surface area contributed by atoms with Crippen LogP contribution >= 0.6 is 0 Å². The Balaban J connectivity index is 2.55. The van der Waals surface area contributed by atoms with Crippen LogP contribution in [0, 0.1) is 25.2 Å². The molecule has 0 N–H and O–H groups in total. The molecule has 2 aromatic rings. The number of nitrogens with zero attached hydrogens (tertiary/aromatic N) is 4. The summed E-state index contributed by atoms with van der Waals surface area (Å²) in [7, 11) is 0. The third kappa shape index (κ3) is 1.72. The van der Waals surface area contributed by atoms with Crippen LogP contribution in [0.25, 0.3) is 5.82 Å². The molecule has 15 heavy (non-hydrogen) atoms. The van der Waals surface area contributed by atoms with Gasteiger partial charge in [0.15, 0.2) is 5.82 Å². The van der Waals surface area contributed by atoms with Gasteiger partial charge in [-0.3, -0.25) is 0 Å². The molecule has 0 bridgehead atoms. The van der Waals surface area contributed by atoms with Crippen molar-refractivity contribution in [2.45, 2.75) is 13.8 Å². The Morgan fingerprint density at radius 1 is 1.33 bits per heavy atom. The fourth-order valence-electron chi connectivity index (χ4n) is 1.46.